The molecule has 1 fully saturated rings. The first-order valence-electron chi connectivity index (χ1n) is 17.7. The lowest BCUT2D eigenvalue weighted by Gasteiger charge is -2.46. The molecule has 266 valence electrons. The Hall–Kier alpha value is -3.67. The summed E-state index contributed by atoms with van der Waals surface area (Å²) < 4.78 is 35.7. The van der Waals surface area contributed by atoms with Crippen LogP contribution >= 0.6 is 11.6 Å². The van der Waals surface area contributed by atoms with Gasteiger partial charge in [0.2, 0.25) is 0 Å². The van der Waals surface area contributed by atoms with Crippen LogP contribution in [0.25, 0.3) is 0 Å². The summed E-state index contributed by atoms with van der Waals surface area (Å²) in [5.41, 5.74) is 3.65. The standard InChI is InChI=1S/C38H46ClN5O5S/c1-4-25-7-5-9-34(48-3)31-13-10-28(31)21-44-23-38(16-6-8-26-17-30(39)12-14-32(26)38)24-49-35-15-11-27(18-33(35)44)36(45)41-50(47,22-25)42-37(46)29-19-40-43(2)20-29/h5,9,11-12,14-15,17-20,25,28,31,34H,4,6-8,10,13,16,21-24H2,1-3H3,(H,41,42,45,46,47)/b9-5+/t25-,28-,31+,34-,38-,50?/m0/s1. The van der Waals surface area contributed by atoms with Gasteiger partial charge in [-0.3, -0.25) is 19.0 Å². The summed E-state index contributed by atoms with van der Waals surface area (Å²) >= 11 is 6.45. The molecular weight excluding hydrogens is 674 g/mol. The van der Waals surface area contributed by atoms with Gasteiger partial charge in [0.25, 0.3) is 11.8 Å². The van der Waals surface area contributed by atoms with E-state index >= 15 is 0 Å². The second-order valence-corrected chi connectivity index (χ2v) is 16.9. The topological polar surface area (TPSA) is 115 Å². The van der Waals surface area contributed by atoms with E-state index in [0.29, 0.717) is 42.6 Å². The van der Waals surface area contributed by atoms with Crippen LogP contribution in [0.2, 0.25) is 5.02 Å². The molecule has 2 aliphatic carbocycles. The zero-order chi connectivity index (χ0) is 35.0. The molecule has 2 aromatic carbocycles. The molecule has 1 aromatic heterocycles. The van der Waals surface area contributed by atoms with Crippen molar-refractivity contribution in [2.45, 2.75) is 63.4 Å². The van der Waals surface area contributed by atoms with Gasteiger partial charge in [0.05, 0.1) is 35.9 Å². The predicted octanol–water partition coefficient (Wildman–Crippen LogP) is 6.53. The maximum atomic E-state index is 14.6. The van der Waals surface area contributed by atoms with Gasteiger partial charge >= 0.3 is 0 Å². The van der Waals surface area contributed by atoms with Crippen LogP contribution in [-0.4, -0.2) is 64.5 Å². The summed E-state index contributed by atoms with van der Waals surface area (Å²) in [5.74, 6) is 0.148. The van der Waals surface area contributed by atoms with Gasteiger partial charge in [0, 0.05) is 49.4 Å². The molecule has 0 radical (unpaired) electrons. The Kier molecular flexibility index (Phi) is 9.84. The number of rotatable bonds is 4. The number of carbonyl (C=O) groups excluding carboxylic acids is 2. The number of ether oxygens (including phenoxy) is 2. The van der Waals surface area contributed by atoms with Crippen molar-refractivity contribution in [2.24, 2.45) is 29.2 Å². The molecule has 7 rings (SSSR count). The molecule has 3 heterocycles. The molecule has 1 unspecified atom stereocenters. The molecule has 1 saturated carbocycles. The zero-order valence-electron chi connectivity index (χ0n) is 29.0. The number of nitrogens with zero attached hydrogens (tertiary/aromatic N) is 4. The number of aromatic nitrogens is 2. The van der Waals surface area contributed by atoms with Gasteiger partial charge in [-0.1, -0.05) is 43.2 Å². The number of methoxy groups -OCH3 is 1. The molecule has 0 saturated heterocycles. The summed E-state index contributed by atoms with van der Waals surface area (Å²) in [5, 5.41) is 4.81. The van der Waals surface area contributed by atoms with Gasteiger partial charge in [-0.05, 0) is 97.7 Å². The number of amides is 2. The Morgan fingerprint density at radius 1 is 1.22 bits per heavy atom. The minimum atomic E-state index is -3.53. The quantitative estimate of drug-likeness (QED) is 0.305. The number of fused-ring (bicyclic) bond motifs is 4. The van der Waals surface area contributed by atoms with E-state index in [1.54, 1.807) is 26.4 Å². The number of nitrogens with one attached hydrogen (secondary N) is 1. The number of hydrogen-bond acceptors (Lipinski definition) is 7. The fourth-order valence-electron chi connectivity index (χ4n) is 8.29. The molecule has 6 atom stereocenters. The summed E-state index contributed by atoms with van der Waals surface area (Å²) in [6.07, 6.45) is 13.6. The van der Waals surface area contributed by atoms with Gasteiger partial charge in [0.1, 0.15) is 15.7 Å². The van der Waals surface area contributed by atoms with E-state index in [9.17, 15) is 13.8 Å². The first kappa shape index (κ1) is 34.8. The second kappa shape index (κ2) is 14.2. The minimum absolute atomic E-state index is 0.0292. The van der Waals surface area contributed by atoms with Gasteiger partial charge < -0.3 is 14.4 Å². The fraction of sp³-hybridized carbons (Fsp3) is 0.500. The molecule has 2 aliphatic heterocycles. The van der Waals surface area contributed by atoms with E-state index in [1.165, 1.54) is 22.0 Å². The third-order valence-electron chi connectivity index (χ3n) is 11.2. The van der Waals surface area contributed by atoms with Crippen LogP contribution < -0.4 is 14.4 Å². The van der Waals surface area contributed by atoms with Crippen molar-refractivity contribution in [1.29, 1.82) is 0 Å². The van der Waals surface area contributed by atoms with Crippen molar-refractivity contribution in [1.82, 2.24) is 14.5 Å². The van der Waals surface area contributed by atoms with Crippen LogP contribution in [0.1, 0.15) is 77.3 Å². The molecule has 2 amide bonds. The Balaban J connectivity index is 1.31. The summed E-state index contributed by atoms with van der Waals surface area (Å²) in [4.78, 5) is 29.7. The van der Waals surface area contributed by atoms with Crippen LogP contribution in [-0.2, 0) is 33.5 Å². The van der Waals surface area contributed by atoms with Crippen LogP contribution in [0.15, 0.2) is 65.3 Å². The maximum absolute atomic E-state index is 14.6. The van der Waals surface area contributed by atoms with Gasteiger partial charge in [-0.2, -0.15) is 5.10 Å². The average molecular weight is 720 g/mol. The summed E-state index contributed by atoms with van der Waals surface area (Å²) in [6, 6.07) is 11.6. The molecule has 10 nitrogen and oxygen atoms in total. The number of anilines is 1. The van der Waals surface area contributed by atoms with Crippen molar-refractivity contribution in [3.63, 3.8) is 0 Å². The fourth-order valence-corrected chi connectivity index (χ4v) is 10.5. The van der Waals surface area contributed by atoms with Crippen molar-refractivity contribution in [3.8, 4) is 5.75 Å². The Morgan fingerprint density at radius 3 is 2.82 bits per heavy atom. The number of halogens is 1. The van der Waals surface area contributed by atoms with E-state index in [0.717, 1.165) is 55.9 Å². The van der Waals surface area contributed by atoms with E-state index in [2.05, 4.69) is 43.4 Å². The third-order valence-corrected chi connectivity index (χ3v) is 13.3. The number of carbonyl (C=O) groups is 2. The molecule has 1 spiro atoms. The van der Waals surface area contributed by atoms with Crippen LogP contribution in [0.3, 0.4) is 0 Å². The Labute approximate surface area is 299 Å². The van der Waals surface area contributed by atoms with E-state index < -0.39 is 21.7 Å². The maximum Gasteiger partial charge on any atom is 0.286 e. The van der Waals surface area contributed by atoms with E-state index in [4.69, 9.17) is 21.1 Å². The first-order chi connectivity index (χ1) is 24.1. The van der Waals surface area contributed by atoms with Crippen LogP contribution in [0.4, 0.5) is 5.69 Å². The molecule has 50 heavy (non-hydrogen) atoms. The van der Waals surface area contributed by atoms with E-state index in [1.807, 2.05) is 25.1 Å². The number of allylic oxidation sites excluding steroid dienone is 1. The molecule has 12 heteroatoms. The van der Waals surface area contributed by atoms with Crippen LogP contribution in [0.5, 0.6) is 5.75 Å². The highest BCUT2D eigenvalue weighted by atomic mass is 35.5. The molecular formula is C38H46ClN5O5S. The smallest absolute Gasteiger partial charge is 0.286 e. The summed E-state index contributed by atoms with van der Waals surface area (Å²) in [6.45, 7) is 4.02. The van der Waals surface area contributed by atoms with Gasteiger partial charge in [-0.25, -0.2) is 4.21 Å². The number of aryl methyl sites for hydroxylation is 2. The van der Waals surface area contributed by atoms with Crippen molar-refractivity contribution in [3.05, 3.63) is 88.2 Å². The predicted molar refractivity (Wildman–Crippen MR) is 195 cm³/mol. The minimum Gasteiger partial charge on any atom is -0.490 e. The third kappa shape index (κ3) is 6.96. The zero-order valence-corrected chi connectivity index (χ0v) is 30.5. The first-order valence-corrected chi connectivity index (χ1v) is 19.7. The van der Waals surface area contributed by atoms with Crippen LogP contribution in [0, 0.1) is 17.8 Å². The van der Waals surface area contributed by atoms with Gasteiger partial charge in [0.15, 0.2) is 0 Å². The SMILES string of the molecule is CC[C@H]1C/C=C/[C@H](OC)[C@@H]2CC[C@H]2CN2C[C@@]3(CCCc4cc(Cl)ccc43)COc3ccc(cc32)C(=O)N=S(=O)(NC(=O)c2cnn(C)c2)C1. The number of benzene rings is 2. The molecule has 4 aliphatic rings. The highest BCUT2D eigenvalue weighted by Gasteiger charge is 2.44. The number of hydrogen-bond donors (Lipinski definition) is 1. The van der Waals surface area contributed by atoms with Crippen molar-refractivity contribution in [2.75, 3.05) is 37.5 Å². The Bertz CT molecular complexity index is 1940. The second-order valence-electron chi connectivity index (χ2n) is 14.5. The lowest BCUT2D eigenvalue weighted by atomic mass is 9.68. The lowest BCUT2D eigenvalue weighted by molar-refractivity contribution is 0.0131. The monoisotopic (exact) mass is 719 g/mol. The average Bonchev–Trinajstić information content (AvgIpc) is 3.47. The summed E-state index contributed by atoms with van der Waals surface area (Å²) in [7, 11) is -0.0560. The van der Waals surface area contributed by atoms with Gasteiger partial charge in [-0.15, -0.1) is 4.36 Å². The van der Waals surface area contributed by atoms with Crippen molar-refractivity contribution >= 4 is 39.0 Å². The largest absolute Gasteiger partial charge is 0.490 e. The lowest BCUT2D eigenvalue weighted by Crippen LogP contribution is -2.49. The van der Waals surface area contributed by atoms with Crippen molar-refractivity contribution < 1.29 is 23.3 Å². The van der Waals surface area contributed by atoms with E-state index in [-0.39, 0.29) is 28.8 Å². The normalized spacial score (nSPS) is 30.2. The molecule has 1 N–H and O–H groups in total. The Morgan fingerprint density at radius 2 is 2.08 bits per heavy atom. The highest BCUT2D eigenvalue weighted by Crippen LogP contribution is 2.47. The highest BCUT2D eigenvalue weighted by molar-refractivity contribution is 7.92. The molecule has 3 aromatic rings. The molecule has 2 bridgehead atoms.